The molecule has 3 heterocycles. The number of benzene rings is 7. The fourth-order valence-electron chi connectivity index (χ4n) is 8.58. The van der Waals surface area contributed by atoms with E-state index < -0.39 is 0 Å². The van der Waals surface area contributed by atoms with Crippen molar-refractivity contribution < 1.29 is 0 Å². The van der Waals surface area contributed by atoms with E-state index in [0.29, 0.717) is 5.82 Å². The molecular formula is C56H36N4. The topological polar surface area (TPSA) is 51.6 Å². The zero-order chi connectivity index (χ0) is 39.8. The first-order chi connectivity index (χ1) is 29.7. The average molecular weight is 765 g/mol. The molecule has 0 bridgehead atoms. The van der Waals surface area contributed by atoms with E-state index in [-0.39, 0.29) is 0 Å². The van der Waals surface area contributed by atoms with Gasteiger partial charge in [0.05, 0.1) is 11.4 Å². The van der Waals surface area contributed by atoms with Gasteiger partial charge in [0.2, 0.25) is 0 Å². The molecule has 0 radical (unpaired) electrons. The Kier molecular flexibility index (Phi) is 8.79. The fraction of sp³-hybridized carbons (Fsp3) is 0. The van der Waals surface area contributed by atoms with Crippen LogP contribution < -0.4 is 0 Å². The molecule has 60 heavy (non-hydrogen) atoms. The van der Waals surface area contributed by atoms with Gasteiger partial charge in [0.1, 0.15) is 0 Å². The van der Waals surface area contributed by atoms with E-state index in [9.17, 15) is 0 Å². The standard InChI is InChI=1S/C56H36N4/c1-2-11-46-44(9-1)45-10-3-4-12-47(45)49-14-7-8-16-51(49)53-35-43(25-26-52(53)50-15-6-5-13-48(46)50)55-36-54(41-21-17-37(18-22-41)39-27-31-57-32-28-39)59-56(60-55)42-23-19-38(20-24-42)40-29-33-58-34-30-40/h1-36H. The Morgan fingerprint density at radius 1 is 0.217 bits per heavy atom. The molecule has 8 aromatic carbocycles. The Labute approximate surface area is 347 Å². The minimum Gasteiger partial charge on any atom is -0.265 e. The van der Waals surface area contributed by atoms with Gasteiger partial charge in [-0.1, -0.05) is 158 Å². The second-order valence-corrected chi connectivity index (χ2v) is 15.0. The maximum atomic E-state index is 5.33. The lowest BCUT2D eigenvalue weighted by Crippen LogP contribution is -1.96. The van der Waals surface area contributed by atoms with Crippen molar-refractivity contribution in [3.8, 4) is 56.2 Å². The first-order valence-electron chi connectivity index (χ1n) is 20.2. The SMILES string of the molecule is c1ccc2c(c1)c1ccccc1c1ccccc1c1cc(-c3cc(-c4ccc(-c5ccncc5)cc4)nc(-c4ccc(-c5ccncc5)cc4)n3)ccc1c1ccccc21. The summed E-state index contributed by atoms with van der Waals surface area (Å²) in [6.07, 6.45) is 7.30. The van der Waals surface area contributed by atoms with E-state index in [2.05, 4.69) is 180 Å². The van der Waals surface area contributed by atoms with Crippen LogP contribution in [0.2, 0.25) is 0 Å². The minimum absolute atomic E-state index is 0.665. The van der Waals surface area contributed by atoms with Gasteiger partial charge >= 0.3 is 0 Å². The number of hydrogen-bond acceptors (Lipinski definition) is 4. The van der Waals surface area contributed by atoms with Gasteiger partial charge < -0.3 is 0 Å². The van der Waals surface area contributed by atoms with Crippen LogP contribution in [-0.4, -0.2) is 19.9 Å². The van der Waals surface area contributed by atoms with E-state index in [1.54, 1.807) is 0 Å². The highest BCUT2D eigenvalue weighted by Gasteiger charge is 2.14. The molecule has 0 aliphatic heterocycles. The number of hydrogen-bond donors (Lipinski definition) is 0. The Balaban J connectivity index is 1.18. The molecule has 0 unspecified atom stereocenters. The highest BCUT2D eigenvalue weighted by molar-refractivity contribution is 6.26. The zero-order valence-electron chi connectivity index (χ0n) is 32.6. The second kappa shape index (κ2) is 15.0. The first-order valence-corrected chi connectivity index (χ1v) is 20.2. The van der Waals surface area contributed by atoms with Gasteiger partial charge in [-0.3, -0.25) is 9.97 Å². The molecule has 11 aromatic rings. The van der Waals surface area contributed by atoms with E-state index in [0.717, 1.165) is 55.7 Å². The quantitative estimate of drug-likeness (QED) is 0.175. The summed E-state index contributed by atoms with van der Waals surface area (Å²) in [6, 6.07) is 69.4. The Hall–Kier alpha value is -8.08. The number of aromatic nitrogens is 4. The summed E-state index contributed by atoms with van der Waals surface area (Å²) in [4.78, 5) is 19.0. The summed E-state index contributed by atoms with van der Waals surface area (Å²) in [5.74, 6) is 0.665. The van der Waals surface area contributed by atoms with Crippen LogP contribution in [0.25, 0.3) is 110 Å². The third-order valence-corrected chi connectivity index (χ3v) is 11.6. The number of nitrogens with zero attached hydrogens (tertiary/aromatic N) is 4. The van der Waals surface area contributed by atoms with Gasteiger partial charge in [-0.25, -0.2) is 9.97 Å². The molecule has 0 saturated carbocycles. The normalized spacial score (nSPS) is 11.3. The summed E-state index contributed by atoms with van der Waals surface area (Å²) < 4.78 is 0. The maximum Gasteiger partial charge on any atom is 0.160 e. The molecule has 4 nitrogen and oxygen atoms in total. The highest BCUT2D eigenvalue weighted by Crippen LogP contribution is 2.38. The van der Waals surface area contributed by atoms with Gasteiger partial charge in [0.25, 0.3) is 0 Å². The zero-order valence-corrected chi connectivity index (χ0v) is 32.6. The van der Waals surface area contributed by atoms with Crippen molar-refractivity contribution in [1.29, 1.82) is 0 Å². The smallest absolute Gasteiger partial charge is 0.160 e. The molecule has 0 N–H and O–H groups in total. The van der Waals surface area contributed by atoms with Crippen LogP contribution >= 0.6 is 0 Å². The molecule has 0 saturated heterocycles. The van der Waals surface area contributed by atoms with Crippen molar-refractivity contribution in [3.63, 3.8) is 0 Å². The van der Waals surface area contributed by atoms with E-state index in [1.807, 2.05) is 49.1 Å². The van der Waals surface area contributed by atoms with Crippen LogP contribution in [0.15, 0.2) is 219 Å². The molecule has 0 aliphatic rings. The monoisotopic (exact) mass is 764 g/mol. The number of fused-ring (bicyclic) bond motifs is 10. The maximum absolute atomic E-state index is 5.33. The molecule has 0 aliphatic carbocycles. The number of pyridine rings is 2. The van der Waals surface area contributed by atoms with Gasteiger partial charge in [0.15, 0.2) is 5.82 Å². The molecule has 0 atom stereocenters. The number of rotatable bonds is 5. The summed E-state index contributed by atoms with van der Waals surface area (Å²) in [7, 11) is 0. The average Bonchev–Trinajstić information content (AvgIpc) is 3.34. The predicted octanol–water partition coefficient (Wildman–Crippen LogP) is 14.5. The van der Waals surface area contributed by atoms with Crippen LogP contribution in [0, 0.1) is 0 Å². The second-order valence-electron chi connectivity index (χ2n) is 15.0. The first kappa shape index (κ1) is 35.1. The summed E-state index contributed by atoms with van der Waals surface area (Å²) >= 11 is 0. The Morgan fingerprint density at radius 3 is 0.933 bits per heavy atom. The van der Waals surface area contributed by atoms with Gasteiger partial charge in [-0.15, -0.1) is 0 Å². The fourth-order valence-corrected chi connectivity index (χ4v) is 8.58. The van der Waals surface area contributed by atoms with Crippen molar-refractivity contribution in [1.82, 2.24) is 19.9 Å². The molecule has 0 spiro atoms. The largest absolute Gasteiger partial charge is 0.265 e. The Morgan fingerprint density at radius 2 is 0.517 bits per heavy atom. The van der Waals surface area contributed by atoms with E-state index >= 15 is 0 Å². The van der Waals surface area contributed by atoms with Crippen molar-refractivity contribution in [3.05, 3.63) is 219 Å². The predicted molar refractivity (Wildman–Crippen MR) is 250 cm³/mol. The molecule has 280 valence electrons. The summed E-state index contributed by atoms with van der Waals surface area (Å²) in [5.41, 5.74) is 9.14. The minimum atomic E-state index is 0.665. The van der Waals surface area contributed by atoms with Gasteiger partial charge in [-0.2, -0.15) is 0 Å². The highest BCUT2D eigenvalue weighted by atomic mass is 14.9. The van der Waals surface area contributed by atoms with Crippen LogP contribution in [-0.2, 0) is 0 Å². The van der Waals surface area contributed by atoms with Crippen molar-refractivity contribution >= 4 is 53.9 Å². The van der Waals surface area contributed by atoms with Crippen LogP contribution in [0.4, 0.5) is 0 Å². The van der Waals surface area contributed by atoms with Crippen molar-refractivity contribution in [2.75, 3.05) is 0 Å². The summed E-state index contributed by atoms with van der Waals surface area (Å²) in [5, 5.41) is 11.9. The van der Waals surface area contributed by atoms with Crippen molar-refractivity contribution in [2.24, 2.45) is 0 Å². The molecule has 3 aromatic heterocycles. The summed E-state index contributed by atoms with van der Waals surface area (Å²) in [6.45, 7) is 0. The van der Waals surface area contributed by atoms with Gasteiger partial charge in [-0.05, 0) is 113 Å². The lowest BCUT2D eigenvalue weighted by atomic mass is 9.93. The van der Waals surface area contributed by atoms with Crippen LogP contribution in [0.3, 0.4) is 0 Å². The molecule has 0 fully saturated rings. The third-order valence-electron chi connectivity index (χ3n) is 11.6. The Bertz CT molecular complexity index is 3280. The molecule has 4 heteroatoms. The molecule has 0 amide bonds. The van der Waals surface area contributed by atoms with E-state index in [4.69, 9.17) is 9.97 Å². The van der Waals surface area contributed by atoms with E-state index in [1.165, 1.54) is 48.5 Å². The van der Waals surface area contributed by atoms with Gasteiger partial charge in [0, 0.05) is 41.5 Å². The molecule has 11 rings (SSSR count). The van der Waals surface area contributed by atoms with Crippen LogP contribution in [0.1, 0.15) is 0 Å². The van der Waals surface area contributed by atoms with Crippen molar-refractivity contribution in [2.45, 2.75) is 0 Å². The lowest BCUT2D eigenvalue weighted by molar-refractivity contribution is 1.18. The lowest BCUT2D eigenvalue weighted by Gasteiger charge is -2.13. The van der Waals surface area contributed by atoms with Crippen LogP contribution in [0.5, 0.6) is 0 Å². The molecular weight excluding hydrogens is 729 g/mol. The third kappa shape index (κ3) is 6.37.